The average Bonchev–Trinajstić information content (AvgIpc) is 2.01. The third kappa shape index (κ3) is 17000. The van der Waals surface area contributed by atoms with Crippen LogP contribution in [0.3, 0.4) is 0 Å². The molecule has 0 radical (unpaired) electrons. The number of aliphatic carboxylic acids is 3. The Bertz CT molecular complexity index is 426. The van der Waals surface area contributed by atoms with Gasteiger partial charge in [0.15, 0.2) is 0 Å². The van der Waals surface area contributed by atoms with Crippen molar-refractivity contribution in [2.45, 2.75) is 20.8 Å². The average molecular weight is 702 g/mol. The zero-order valence-electron chi connectivity index (χ0n) is 15.5. The summed E-state index contributed by atoms with van der Waals surface area (Å²) < 4.78 is 103. The second-order valence-electron chi connectivity index (χ2n) is 2.82. The summed E-state index contributed by atoms with van der Waals surface area (Å²) >= 11 is -17.6. The Morgan fingerprint density at radius 2 is 0.419 bits per heavy atom. The first kappa shape index (κ1) is 63.6. The van der Waals surface area contributed by atoms with Crippen LogP contribution >= 0.6 is 0 Å². The fourth-order valence-corrected chi connectivity index (χ4v) is 0. The van der Waals surface area contributed by atoms with Gasteiger partial charge in [0.1, 0.15) is 0 Å². The van der Waals surface area contributed by atoms with Crippen molar-refractivity contribution in [1.82, 2.24) is 0 Å². The number of rotatable bonds is 0. The second kappa shape index (κ2) is 35.8. The molecule has 18 nitrogen and oxygen atoms in total. The van der Waals surface area contributed by atoms with E-state index in [0.29, 0.717) is 0 Å². The minimum absolute atomic E-state index is 0. The van der Waals surface area contributed by atoms with Gasteiger partial charge in [-0.3, -0.25) is 0 Å². The van der Waals surface area contributed by atoms with Gasteiger partial charge in [0.05, 0.1) is 0 Å². The number of carboxylic acids is 3. The van der Waals surface area contributed by atoms with E-state index in [2.05, 4.69) is 0 Å². The van der Waals surface area contributed by atoms with Crippen LogP contribution in [0.4, 0.5) is 0 Å². The van der Waals surface area contributed by atoms with Gasteiger partial charge >= 0.3 is 161 Å². The molecule has 168 valence electrons. The van der Waals surface area contributed by atoms with E-state index in [0.717, 1.165) is 20.8 Å². The molecule has 0 bridgehead atoms. The van der Waals surface area contributed by atoms with Crippen molar-refractivity contribution in [3.8, 4) is 0 Å². The van der Waals surface area contributed by atoms with Gasteiger partial charge in [0.25, 0.3) is 0 Å². The van der Waals surface area contributed by atoms with E-state index in [9.17, 15) is 0 Å². The van der Waals surface area contributed by atoms with Gasteiger partial charge < -0.3 is 29.7 Å². The first-order valence-corrected chi connectivity index (χ1v) is 14.1. The Labute approximate surface area is 227 Å². The molecule has 0 atom stereocenters. The molecule has 31 heavy (non-hydrogen) atoms. The Kier molecular flexibility index (Phi) is 73.5. The third-order valence-corrected chi connectivity index (χ3v) is 0. The van der Waals surface area contributed by atoms with Crippen molar-refractivity contribution in [3.05, 3.63) is 0 Å². The van der Waals surface area contributed by atoms with Crippen molar-refractivity contribution >= 4 is 131 Å². The van der Waals surface area contributed by atoms with E-state index in [-0.39, 0.29) is 69.4 Å². The zero-order valence-corrected chi connectivity index (χ0v) is 25.7. The monoisotopic (exact) mass is 702 g/mol. The molecule has 0 unspecified atom stereocenters. The first-order chi connectivity index (χ1) is 11.2. The van der Waals surface area contributed by atoms with Crippen LogP contribution in [0.15, 0.2) is 0 Å². The molecule has 0 fully saturated rings. The van der Waals surface area contributed by atoms with Gasteiger partial charge in [0, 0.05) is 17.9 Å². The number of hydrogen-bond acceptors (Lipinski definition) is 18. The number of hydrogen-bond donors (Lipinski definition) is 0. The maximum atomic E-state index is 8.89. The maximum Gasteiger partial charge on any atom is 3.00 e. The molecule has 0 spiro atoms. The van der Waals surface area contributed by atoms with Crippen molar-refractivity contribution < 1.29 is 77.8 Å². The number of carbonyl (C=O) groups excluding carboxylic acids is 3. The Morgan fingerprint density at radius 1 is 0.419 bits per heavy atom. The predicted octanol–water partition coefficient (Wildman–Crippen LogP) is -17.5. The fraction of sp³-hybridized carbons (Fsp3) is 0.500. The van der Waals surface area contributed by atoms with Crippen molar-refractivity contribution in [2.75, 3.05) is 0 Å². The van der Waals surface area contributed by atoms with E-state index in [1.54, 1.807) is 0 Å². The summed E-state index contributed by atoms with van der Waals surface area (Å²) in [5.41, 5.74) is 0. The van der Waals surface area contributed by atoms with Gasteiger partial charge in [-0.2, -0.15) is 0 Å². The van der Waals surface area contributed by atoms with Gasteiger partial charge in [-0.05, 0) is 20.8 Å². The second-order valence-corrected chi connectivity index (χ2v) is 8.45. The smallest absolute Gasteiger partial charge is 3.00 e. The standard InChI is InChI=1S/3C2H4O2.4Al.3AsH3O4/c3*1-2(3)4;;;;;3*2-1(3,4)5/h3*1H3,(H,3,4);;;;;3*(H3,2,3,4,5)/q;;;4*+3;;;/p-12. The Balaban J connectivity index is -0.0000000209. The summed E-state index contributed by atoms with van der Waals surface area (Å²) in [4.78, 5) is 26.7. The predicted molar refractivity (Wildman–Crippen MR) is 74.4 cm³/mol. The van der Waals surface area contributed by atoms with Crippen molar-refractivity contribution in [3.63, 3.8) is 0 Å². The van der Waals surface area contributed by atoms with Crippen LogP contribution in [0.2, 0.25) is 0 Å². The summed E-state index contributed by atoms with van der Waals surface area (Å²) in [5.74, 6) is -3.25. The SMILES string of the molecule is CC(=O)[O-].CC(=O)[O-].CC(=O)[O-].O=[As]([O-])([O-])[O-].O=[As]([O-])([O-])[O-].O=[As]([O-])([O-])[O-].[Al+3].[Al+3].[Al+3].[Al+3]. The largest absolute Gasteiger partial charge is 3.00 e. The molecule has 0 aromatic carbocycles. The molecule has 0 N–H and O–H groups in total. The van der Waals surface area contributed by atoms with E-state index < -0.39 is 61.4 Å². The van der Waals surface area contributed by atoms with E-state index >= 15 is 0 Å². The first-order valence-electron chi connectivity index (χ1n) is 4.92. The van der Waals surface area contributed by atoms with Crippen LogP contribution < -0.4 is 52.2 Å². The molecular formula is C6H9Al4As3O18. The molecule has 0 aliphatic carbocycles. The van der Waals surface area contributed by atoms with Crippen LogP contribution in [-0.4, -0.2) is 131 Å². The zero-order chi connectivity index (χ0) is 24.2. The molecule has 0 aromatic rings. The fourth-order valence-electron chi connectivity index (χ4n) is 0. The van der Waals surface area contributed by atoms with E-state index in [1.807, 2.05) is 0 Å². The molecule has 0 aliphatic heterocycles. The quantitative estimate of drug-likeness (QED) is 0.211. The Morgan fingerprint density at radius 3 is 0.419 bits per heavy atom. The molecule has 0 saturated carbocycles. The third-order valence-electron chi connectivity index (χ3n) is 0. The number of carbonyl (C=O) groups is 3. The molecule has 0 aliphatic rings. The normalized spacial score (nSPS) is 8.13. The van der Waals surface area contributed by atoms with Crippen LogP contribution in [0.1, 0.15) is 20.8 Å². The van der Waals surface area contributed by atoms with Crippen LogP contribution in [0.5, 0.6) is 0 Å². The minimum atomic E-state index is -5.88. The van der Waals surface area contributed by atoms with Crippen LogP contribution in [0, 0.1) is 0 Å². The van der Waals surface area contributed by atoms with Crippen molar-refractivity contribution in [2.24, 2.45) is 0 Å². The molecule has 0 rings (SSSR count). The van der Waals surface area contributed by atoms with Crippen LogP contribution in [0.25, 0.3) is 0 Å². The van der Waals surface area contributed by atoms with E-state index in [4.69, 9.17) is 77.8 Å². The number of carboxylic acid groups (broad SMARTS) is 3. The maximum absolute atomic E-state index is 8.89. The molecular weight excluding hydrogens is 693 g/mol. The minimum Gasteiger partial charge on any atom is 3.00 e. The molecule has 0 aromatic heterocycles. The van der Waals surface area contributed by atoms with E-state index in [1.165, 1.54) is 0 Å². The summed E-state index contributed by atoms with van der Waals surface area (Å²) in [6, 6.07) is 0. The van der Waals surface area contributed by atoms with Gasteiger partial charge in [-0.1, -0.05) is 0 Å². The Hall–Kier alpha value is 1.26. The summed E-state index contributed by atoms with van der Waals surface area (Å²) in [5, 5.41) is 26.7. The van der Waals surface area contributed by atoms with Gasteiger partial charge in [0.2, 0.25) is 0 Å². The molecule has 25 heteroatoms. The van der Waals surface area contributed by atoms with Gasteiger partial charge in [-0.25, -0.2) is 0 Å². The molecule has 0 amide bonds. The summed E-state index contributed by atoms with van der Waals surface area (Å²) in [7, 11) is 0. The summed E-state index contributed by atoms with van der Waals surface area (Å²) in [6.07, 6.45) is 0. The molecule has 0 saturated heterocycles. The molecule has 0 heterocycles. The topological polar surface area (TPSA) is 379 Å². The van der Waals surface area contributed by atoms with Crippen molar-refractivity contribution in [1.29, 1.82) is 0 Å². The van der Waals surface area contributed by atoms with Crippen LogP contribution in [-0.2, 0) is 25.6 Å². The van der Waals surface area contributed by atoms with Gasteiger partial charge in [-0.15, -0.1) is 0 Å². The summed E-state index contributed by atoms with van der Waals surface area (Å²) in [6.45, 7) is 2.92.